The van der Waals surface area contributed by atoms with Crippen molar-refractivity contribution in [3.8, 4) is 5.69 Å². The van der Waals surface area contributed by atoms with Crippen LogP contribution in [0.4, 0.5) is 0 Å². The summed E-state index contributed by atoms with van der Waals surface area (Å²) < 4.78 is 1.89. The Bertz CT molecular complexity index is 683. The molecule has 0 N–H and O–H groups in total. The summed E-state index contributed by atoms with van der Waals surface area (Å²) in [5.41, 5.74) is 4.34. The Hall–Kier alpha value is -2.16. The summed E-state index contributed by atoms with van der Waals surface area (Å²) in [6.07, 6.45) is 0. The van der Waals surface area contributed by atoms with E-state index in [1.165, 1.54) is 5.56 Å². The van der Waals surface area contributed by atoms with Crippen molar-refractivity contribution < 1.29 is 0 Å². The molecule has 0 saturated carbocycles. The number of para-hydroxylation sites is 1. The minimum absolute atomic E-state index is 0.514. The van der Waals surface area contributed by atoms with Gasteiger partial charge >= 0.3 is 0 Å². The first-order valence-corrected chi connectivity index (χ1v) is 6.16. The summed E-state index contributed by atoms with van der Waals surface area (Å²) in [6, 6.07) is 16.5. The standard InChI is InChI=1S/C15H15N3/c1-11(2)12-6-5-7-13(10-12)18-15-9-4-3-8-14(15)16-17-18/h3-11H,1-2H3. The topological polar surface area (TPSA) is 30.7 Å². The van der Waals surface area contributed by atoms with Gasteiger partial charge < -0.3 is 0 Å². The van der Waals surface area contributed by atoms with Gasteiger partial charge in [0.1, 0.15) is 5.52 Å². The van der Waals surface area contributed by atoms with Crippen molar-refractivity contribution in [2.75, 3.05) is 0 Å². The van der Waals surface area contributed by atoms with Gasteiger partial charge in [-0.1, -0.05) is 43.3 Å². The highest BCUT2D eigenvalue weighted by atomic mass is 15.4. The van der Waals surface area contributed by atoms with Gasteiger partial charge in [-0.15, -0.1) is 5.10 Å². The normalized spacial score (nSPS) is 11.3. The maximum absolute atomic E-state index is 4.23. The first kappa shape index (κ1) is 11.0. The summed E-state index contributed by atoms with van der Waals surface area (Å²) in [4.78, 5) is 0. The predicted octanol–water partition coefficient (Wildman–Crippen LogP) is 3.54. The zero-order chi connectivity index (χ0) is 12.5. The van der Waals surface area contributed by atoms with Crippen LogP contribution in [0.2, 0.25) is 0 Å². The maximum atomic E-state index is 4.23. The molecule has 0 saturated heterocycles. The van der Waals surface area contributed by atoms with Crippen LogP contribution in [0.15, 0.2) is 48.5 Å². The van der Waals surface area contributed by atoms with E-state index in [4.69, 9.17) is 0 Å². The number of hydrogen-bond donors (Lipinski definition) is 0. The second-order valence-electron chi connectivity index (χ2n) is 4.74. The number of aromatic nitrogens is 3. The molecule has 0 aliphatic rings. The maximum Gasteiger partial charge on any atom is 0.113 e. The van der Waals surface area contributed by atoms with Crippen molar-refractivity contribution in [3.63, 3.8) is 0 Å². The van der Waals surface area contributed by atoms with Gasteiger partial charge in [-0.25, -0.2) is 4.68 Å². The molecule has 2 aromatic carbocycles. The fourth-order valence-electron chi connectivity index (χ4n) is 2.08. The van der Waals surface area contributed by atoms with E-state index in [2.05, 4.69) is 48.4 Å². The van der Waals surface area contributed by atoms with Crippen LogP contribution in [0.25, 0.3) is 16.7 Å². The van der Waals surface area contributed by atoms with Gasteiger partial charge in [0.05, 0.1) is 11.2 Å². The molecule has 18 heavy (non-hydrogen) atoms. The van der Waals surface area contributed by atoms with Crippen molar-refractivity contribution in [2.24, 2.45) is 0 Å². The lowest BCUT2D eigenvalue weighted by Gasteiger charge is -2.08. The van der Waals surface area contributed by atoms with Crippen LogP contribution < -0.4 is 0 Å². The Morgan fingerprint density at radius 1 is 1.00 bits per heavy atom. The lowest BCUT2D eigenvalue weighted by molar-refractivity contribution is 0.813. The van der Waals surface area contributed by atoms with Crippen molar-refractivity contribution in [2.45, 2.75) is 19.8 Å². The molecule has 0 unspecified atom stereocenters. The second-order valence-corrected chi connectivity index (χ2v) is 4.74. The van der Waals surface area contributed by atoms with Crippen LogP contribution in [0.5, 0.6) is 0 Å². The van der Waals surface area contributed by atoms with Gasteiger partial charge in [-0.3, -0.25) is 0 Å². The first-order chi connectivity index (χ1) is 8.75. The molecule has 0 spiro atoms. The van der Waals surface area contributed by atoms with Crippen LogP contribution in [0.3, 0.4) is 0 Å². The van der Waals surface area contributed by atoms with Gasteiger partial charge in [-0.05, 0) is 35.7 Å². The van der Waals surface area contributed by atoms with E-state index in [0.29, 0.717) is 5.92 Å². The summed E-state index contributed by atoms with van der Waals surface area (Å²) in [5, 5.41) is 8.42. The third-order valence-corrected chi connectivity index (χ3v) is 3.13. The molecule has 3 nitrogen and oxygen atoms in total. The lowest BCUT2D eigenvalue weighted by atomic mass is 10.0. The Morgan fingerprint density at radius 3 is 2.67 bits per heavy atom. The molecule has 90 valence electrons. The highest BCUT2D eigenvalue weighted by Crippen LogP contribution is 2.20. The number of hydrogen-bond acceptors (Lipinski definition) is 2. The summed E-state index contributed by atoms with van der Waals surface area (Å²) >= 11 is 0. The summed E-state index contributed by atoms with van der Waals surface area (Å²) in [7, 11) is 0. The van der Waals surface area contributed by atoms with Crippen molar-refractivity contribution in [1.82, 2.24) is 15.0 Å². The summed E-state index contributed by atoms with van der Waals surface area (Å²) in [6.45, 7) is 4.39. The molecule has 1 heterocycles. The lowest BCUT2D eigenvalue weighted by Crippen LogP contribution is -1.98. The van der Waals surface area contributed by atoms with E-state index < -0.39 is 0 Å². The molecule has 3 heteroatoms. The van der Waals surface area contributed by atoms with E-state index in [-0.39, 0.29) is 0 Å². The SMILES string of the molecule is CC(C)c1cccc(-n2nnc3ccccc32)c1. The van der Waals surface area contributed by atoms with Crippen molar-refractivity contribution in [1.29, 1.82) is 0 Å². The van der Waals surface area contributed by atoms with Gasteiger partial charge in [0.15, 0.2) is 0 Å². The molecule has 0 aliphatic heterocycles. The molecule has 0 amide bonds. The molecule has 0 fully saturated rings. The van der Waals surface area contributed by atoms with Gasteiger partial charge in [-0.2, -0.15) is 0 Å². The summed E-state index contributed by atoms with van der Waals surface area (Å²) in [5.74, 6) is 0.514. The van der Waals surface area contributed by atoms with Gasteiger partial charge in [0.2, 0.25) is 0 Å². The van der Waals surface area contributed by atoms with Crippen molar-refractivity contribution >= 4 is 11.0 Å². The minimum atomic E-state index is 0.514. The molecule has 0 aliphatic carbocycles. The van der Waals surface area contributed by atoms with Crippen LogP contribution >= 0.6 is 0 Å². The average Bonchev–Trinajstić information content (AvgIpc) is 2.82. The zero-order valence-electron chi connectivity index (χ0n) is 10.5. The monoisotopic (exact) mass is 237 g/mol. The second kappa shape index (κ2) is 4.26. The molecule has 3 rings (SSSR count). The number of rotatable bonds is 2. The predicted molar refractivity (Wildman–Crippen MR) is 73.0 cm³/mol. The van der Waals surface area contributed by atoms with Crippen LogP contribution in [0.1, 0.15) is 25.3 Å². The Labute approximate surface area is 106 Å². The Balaban J connectivity index is 2.17. The molecule has 0 bridgehead atoms. The molecular weight excluding hydrogens is 222 g/mol. The molecule has 3 aromatic rings. The highest BCUT2D eigenvalue weighted by Gasteiger charge is 2.07. The molecule has 0 radical (unpaired) electrons. The third-order valence-electron chi connectivity index (χ3n) is 3.13. The minimum Gasteiger partial charge on any atom is -0.213 e. The van der Waals surface area contributed by atoms with E-state index in [9.17, 15) is 0 Å². The largest absolute Gasteiger partial charge is 0.213 e. The Morgan fingerprint density at radius 2 is 1.83 bits per heavy atom. The van der Waals surface area contributed by atoms with Gasteiger partial charge in [0.25, 0.3) is 0 Å². The first-order valence-electron chi connectivity index (χ1n) is 6.16. The fourth-order valence-corrected chi connectivity index (χ4v) is 2.08. The molecule has 1 aromatic heterocycles. The number of fused-ring (bicyclic) bond motifs is 1. The van der Waals surface area contributed by atoms with Crippen LogP contribution in [0, 0.1) is 0 Å². The van der Waals surface area contributed by atoms with E-state index >= 15 is 0 Å². The third kappa shape index (κ3) is 1.78. The van der Waals surface area contributed by atoms with Gasteiger partial charge in [0, 0.05) is 0 Å². The Kier molecular flexibility index (Phi) is 2.59. The van der Waals surface area contributed by atoms with Crippen LogP contribution in [-0.4, -0.2) is 15.0 Å². The average molecular weight is 237 g/mol. The molecule has 0 atom stereocenters. The number of benzene rings is 2. The smallest absolute Gasteiger partial charge is 0.113 e. The number of nitrogens with zero attached hydrogens (tertiary/aromatic N) is 3. The highest BCUT2D eigenvalue weighted by molar-refractivity contribution is 5.75. The molecular formula is C15H15N3. The van der Waals surface area contributed by atoms with Crippen molar-refractivity contribution in [3.05, 3.63) is 54.1 Å². The fraction of sp³-hybridized carbons (Fsp3) is 0.200. The zero-order valence-corrected chi connectivity index (χ0v) is 10.5. The quantitative estimate of drug-likeness (QED) is 0.682. The van der Waals surface area contributed by atoms with E-state index in [1.807, 2.05) is 28.9 Å². The van der Waals surface area contributed by atoms with Crippen LogP contribution in [-0.2, 0) is 0 Å². The van der Waals surface area contributed by atoms with E-state index in [1.54, 1.807) is 0 Å². The van der Waals surface area contributed by atoms with E-state index in [0.717, 1.165) is 16.7 Å².